The molecule has 2 rings (SSSR count). The molecule has 0 radical (unpaired) electrons. The van der Waals surface area contributed by atoms with Crippen LogP contribution in [-0.2, 0) is 0 Å². The average molecular weight is 310 g/mol. The Bertz CT molecular complexity index is 611. The van der Waals surface area contributed by atoms with Gasteiger partial charge in [-0.2, -0.15) is 0 Å². The van der Waals surface area contributed by atoms with Crippen molar-refractivity contribution < 1.29 is 23.6 Å². The summed E-state index contributed by atoms with van der Waals surface area (Å²) in [7, 11) is -1.55. The van der Waals surface area contributed by atoms with Crippen molar-refractivity contribution in [2.45, 2.75) is 4.90 Å². The Labute approximate surface area is 125 Å². The molecule has 0 bridgehead atoms. The number of rotatable bonds is 6. The topological polar surface area (TPSA) is 49.7 Å². The van der Waals surface area contributed by atoms with E-state index in [9.17, 15) is 8.78 Å². The van der Waals surface area contributed by atoms with Crippen LogP contribution in [0.3, 0.4) is 0 Å². The van der Waals surface area contributed by atoms with Crippen LogP contribution in [0, 0.1) is 11.6 Å². The molecular formula is C14H13BF2O3S. The normalized spacial score (nSPS) is 10.5. The molecule has 0 spiro atoms. The quantitative estimate of drug-likeness (QED) is 0.485. The van der Waals surface area contributed by atoms with E-state index >= 15 is 0 Å². The van der Waals surface area contributed by atoms with Crippen LogP contribution in [-0.4, -0.2) is 29.5 Å². The second kappa shape index (κ2) is 7.45. The van der Waals surface area contributed by atoms with Crippen LogP contribution >= 0.6 is 11.8 Å². The maximum absolute atomic E-state index is 13.4. The minimum atomic E-state index is -1.55. The predicted molar refractivity (Wildman–Crippen MR) is 78.8 cm³/mol. The number of ether oxygens (including phenoxy) is 1. The fourth-order valence-corrected chi connectivity index (χ4v) is 2.42. The van der Waals surface area contributed by atoms with Crippen molar-refractivity contribution in [3.63, 3.8) is 0 Å². The van der Waals surface area contributed by atoms with E-state index in [1.165, 1.54) is 30.0 Å². The summed E-state index contributed by atoms with van der Waals surface area (Å²) in [6.45, 7) is 0.312. The lowest BCUT2D eigenvalue weighted by Crippen LogP contribution is -2.29. The maximum atomic E-state index is 13.4. The van der Waals surface area contributed by atoms with Crippen molar-refractivity contribution in [1.29, 1.82) is 0 Å². The SMILES string of the molecule is OB(O)c1cccc(OCCSc2ccc(F)cc2F)c1. The van der Waals surface area contributed by atoms with Crippen molar-refractivity contribution in [3.05, 3.63) is 54.1 Å². The van der Waals surface area contributed by atoms with Gasteiger partial charge in [0.2, 0.25) is 0 Å². The van der Waals surface area contributed by atoms with E-state index in [1.807, 2.05) is 0 Å². The molecule has 21 heavy (non-hydrogen) atoms. The molecule has 0 unspecified atom stereocenters. The number of thioether (sulfide) groups is 1. The Morgan fingerprint density at radius 3 is 2.62 bits per heavy atom. The molecule has 110 valence electrons. The van der Waals surface area contributed by atoms with Gasteiger partial charge in [-0.1, -0.05) is 12.1 Å². The predicted octanol–water partition coefficient (Wildman–Crippen LogP) is 1.82. The van der Waals surface area contributed by atoms with Gasteiger partial charge >= 0.3 is 7.12 Å². The number of hydrogen-bond acceptors (Lipinski definition) is 4. The number of halogens is 2. The van der Waals surface area contributed by atoms with Crippen LogP contribution in [0.1, 0.15) is 0 Å². The molecule has 7 heteroatoms. The van der Waals surface area contributed by atoms with Crippen molar-refractivity contribution in [2.24, 2.45) is 0 Å². The number of benzene rings is 2. The lowest BCUT2D eigenvalue weighted by Gasteiger charge is -2.08. The molecule has 0 amide bonds. The van der Waals surface area contributed by atoms with Crippen molar-refractivity contribution in [3.8, 4) is 5.75 Å². The summed E-state index contributed by atoms with van der Waals surface area (Å²) in [4.78, 5) is 0.361. The fraction of sp³-hybridized carbons (Fsp3) is 0.143. The Hall–Kier alpha value is -1.57. The van der Waals surface area contributed by atoms with Crippen molar-refractivity contribution in [1.82, 2.24) is 0 Å². The lowest BCUT2D eigenvalue weighted by molar-refractivity contribution is 0.344. The van der Waals surface area contributed by atoms with Gasteiger partial charge in [0.1, 0.15) is 17.4 Å². The van der Waals surface area contributed by atoms with Crippen LogP contribution in [0.4, 0.5) is 8.78 Å². The average Bonchev–Trinajstić information content (AvgIpc) is 2.45. The third kappa shape index (κ3) is 4.73. The van der Waals surface area contributed by atoms with Crippen LogP contribution in [0.15, 0.2) is 47.4 Å². The third-order valence-corrected chi connectivity index (χ3v) is 3.67. The minimum Gasteiger partial charge on any atom is -0.493 e. The molecule has 0 aliphatic carbocycles. The Balaban J connectivity index is 1.83. The molecule has 0 atom stereocenters. The summed E-state index contributed by atoms with van der Waals surface area (Å²) >= 11 is 1.22. The van der Waals surface area contributed by atoms with Gasteiger partial charge < -0.3 is 14.8 Å². The molecule has 0 aliphatic heterocycles. The van der Waals surface area contributed by atoms with Crippen LogP contribution in [0.25, 0.3) is 0 Å². The molecule has 0 saturated heterocycles. The monoisotopic (exact) mass is 310 g/mol. The minimum absolute atomic E-state index is 0.312. The summed E-state index contributed by atoms with van der Waals surface area (Å²) in [5, 5.41) is 18.1. The second-order valence-corrected chi connectivity index (χ2v) is 5.35. The van der Waals surface area contributed by atoms with Crippen molar-refractivity contribution >= 4 is 24.3 Å². The van der Waals surface area contributed by atoms with Gasteiger partial charge in [0, 0.05) is 16.7 Å². The standard InChI is InChI=1S/C14H13BF2O3S/c16-11-4-5-14(13(17)9-11)21-7-6-20-12-3-1-2-10(8-12)15(18)19/h1-5,8-9,18-19H,6-7H2. The second-order valence-electron chi connectivity index (χ2n) is 4.22. The molecule has 0 fully saturated rings. The Morgan fingerprint density at radius 1 is 1.10 bits per heavy atom. The highest BCUT2D eigenvalue weighted by molar-refractivity contribution is 7.99. The van der Waals surface area contributed by atoms with Crippen LogP contribution in [0.5, 0.6) is 5.75 Å². The molecule has 3 nitrogen and oxygen atoms in total. The van der Waals surface area contributed by atoms with E-state index in [2.05, 4.69) is 0 Å². The Morgan fingerprint density at radius 2 is 1.90 bits per heavy atom. The number of hydrogen-bond donors (Lipinski definition) is 2. The zero-order valence-electron chi connectivity index (χ0n) is 11.0. The molecule has 0 aliphatic rings. The third-order valence-electron chi connectivity index (χ3n) is 2.66. The highest BCUT2D eigenvalue weighted by Gasteiger charge is 2.11. The van der Waals surface area contributed by atoms with Gasteiger partial charge in [0.05, 0.1) is 6.61 Å². The lowest BCUT2D eigenvalue weighted by atomic mass is 9.80. The van der Waals surface area contributed by atoms with Gasteiger partial charge in [0.15, 0.2) is 0 Å². The summed E-state index contributed by atoms with van der Waals surface area (Å²) in [6.07, 6.45) is 0. The first kappa shape index (κ1) is 15.8. The highest BCUT2D eigenvalue weighted by Crippen LogP contribution is 2.22. The van der Waals surface area contributed by atoms with E-state index in [0.717, 1.165) is 6.07 Å². The molecule has 2 aromatic rings. The summed E-state index contributed by atoms with van der Waals surface area (Å²) in [5.74, 6) is -0.215. The molecule has 0 heterocycles. The zero-order chi connectivity index (χ0) is 15.2. The summed E-state index contributed by atoms with van der Waals surface area (Å²) in [6, 6.07) is 9.87. The first-order valence-corrected chi connectivity index (χ1v) is 7.21. The first-order chi connectivity index (χ1) is 10.1. The van der Waals surface area contributed by atoms with Crippen LogP contribution in [0.2, 0.25) is 0 Å². The molecule has 0 aromatic heterocycles. The first-order valence-electron chi connectivity index (χ1n) is 6.23. The van der Waals surface area contributed by atoms with Gasteiger partial charge in [-0.25, -0.2) is 8.78 Å². The zero-order valence-corrected chi connectivity index (χ0v) is 11.8. The molecule has 2 aromatic carbocycles. The fourth-order valence-electron chi connectivity index (χ4n) is 1.67. The van der Waals surface area contributed by atoms with E-state index < -0.39 is 18.8 Å². The van der Waals surface area contributed by atoms with Gasteiger partial charge in [0.25, 0.3) is 0 Å². The highest BCUT2D eigenvalue weighted by atomic mass is 32.2. The molecule has 0 saturated carbocycles. The smallest absolute Gasteiger partial charge is 0.488 e. The largest absolute Gasteiger partial charge is 0.493 e. The molecule has 2 N–H and O–H groups in total. The van der Waals surface area contributed by atoms with Crippen molar-refractivity contribution in [2.75, 3.05) is 12.4 Å². The summed E-state index contributed by atoms with van der Waals surface area (Å²) < 4.78 is 31.6. The van der Waals surface area contributed by atoms with E-state index in [0.29, 0.717) is 28.5 Å². The van der Waals surface area contributed by atoms with E-state index in [-0.39, 0.29) is 0 Å². The molecular weight excluding hydrogens is 297 g/mol. The van der Waals surface area contributed by atoms with Crippen LogP contribution < -0.4 is 10.2 Å². The van der Waals surface area contributed by atoms with Gasteiger partial charge in [-0.3, -0.25) is 0 Å². The van der Waals surface area contributed by atoms with Gasteiger partial charge in [-0.15, -0.1) is 11.8 Å². The maximum Gasteiger partial charge on any atom is 0.488 e. The Kier molecular flexibility index (Phi) is 5.61. The van der Waals surface area contributed by atoms with E-state index in [1.54, 1.807) is 18.2 Å². The van der Waals surface area contributed by atoms with Gasteiger partial charge in [-0.05, 0) is 29.7 Å². The van der Waals surface area contributed by atoms with E-state index in [4.69, 9.17) is 14.8 Å². The summed E-state index contributed by atoms with van der Waals surface area (Å²) in [5.41, 5.74) is 0.338.